The van der Waals surface area contributed by atoms with Crippen LogP contribution < -0.4 is 5.73 Å². The van der Waals surface area contributed by atoms with E-state index >= 15 is 0 Å². The summed E-state index contributed by atoms with van der Waals surface area (Å²) in [7, 11) is 0. The average Bonchev–Trinajstić information content (AvgIpc) is 2.86. The minimum Gasteiger partial charge on any atom is -0.321 e. The Kier molecular flexibility index (Phi) is 3.25. The maximum atomic E-state index is 6.02. The molecule has 1 aliphatic rings. The van der Waals surface area contributed by atoms with Gasteiger partial charge in [0.1, 0.15) is 5.82 Å². The number of nitrogens with two attached hydrogens (primary N) is 1. The van der Waals surface area contributed by atoms with Gasteiger partial charge < -0.3 is 10.3 Å². The van der Waals surface area contributed by atoms with Crippen LogP contribution in [0.2, 0.25) is 0 Å². The number of rotatable bonds is 3. The third kappa shape index (κ3) is 1.96. The third-order valence-electron chi connectivity index (χ3n) is 3.25. The summed E-state index contributed by atoms with van der Waals surface area (Å²) >= 11 is 0. The normalized spacial score (nSPS) is 18.6. The van der Waals surface area contributed by atoms with Crippen molar-refractivity contribution in [2.75, 3.05) is 0 Å². The number of aromatic nitrogens is 3. The van der Waals surface area contributed by atoms with Gasteiger partial charge in [-0.15, -0.1) is 22.5 Å². The van der Waals surface area contributed by atoms with Crippen LogP contribution in [0.4, 0.5) is 0 Å². The second kappa shape index (κ2) is 4.67. The van der Waals surface area contributed by atoms with Crippen molar-refractivity contribution in [1.29, 1.82) is 0 Å². The Balaban J connectivity index is 2.28. The summed E-state index contributed by atoms with van der Waals surface area (Å²) in [6.45, 7) is 1.98. The molecule has 1 atom stereocenters. The molecule has 1 aromatic heterocycles. The largest absolute Gasteiger partial charge is 0.321 e. The van der Waals surface area contributed by atoms with E-state index in [-0.39, 0.29) is 6.04 Å². The van der Waals surface area contributed by atoms with E-state index in [1.54, 1.807) is 0 Å². The first-order chi connectivity index (χ1) is 7.74. The number of terminal acetylenes is 1. The first-order valence-corrected chi connectivity index (χ1v) is 5.84. The molecule has 4 heteroatoms. The van der Waals surface area contributed by atoms with Gasteiger partial charge in [0.2, 0.25) is 0 Å². The lowest BCUT2D eigenvalue weighted by atomic mass is 10.2. The van der Waals surface area contributed by atoms with Crippen molar-refractivity contribution in [1.82, 2.24) is 14.8 Å². The number of nitrogens with zero attached hydrogens (tertiary/aromatic N) is 3. The van der Waals surface area contributed by atoms with Crippen LogP contribution in [0.25, 0.3) is 0 Å². The molecule has 2 rings (SSSR count). The van der Waals surface area contributed by atoms with Crippen LogP contribution in [-0.4, -0.2) is 14.8 Å². The van der Waals surface area contributed by atoms with Crippen LogP contribution in [0.1, 0.15) is 55.8 Å². The lowest BCUT2D eigenvalue weighted by Gasteiger charge is -2.18. The fourth-order valence-electron chi connectivity index (χ4n) is 2.47. The standard InChI is InChI=1S/C12H18N4/c1-3-6-11(13)12-15-14-9(2)16(12)10-7-4-5-8-10/h1,10-11H,4-8,13H2,2H3. The molecule has 0 radical (unpaired) electrons. The lowest BCUT2D eigenvalue weighted by molar-refractivity contribution is 0.468. The Hall–Kier alpha value is -1.34. The highest BCUT2D eigenvalue weighted by atomic mass is 15.3. The Bertz CT molecular complexity index is 396. The highest BCUT2D eigenvalue weighted by Gasteiger charge is 2.24. The average molecular weight is 218 g/mol. The van der Waals surface area contributed by atoms with E-state index < -0.39 is 0 Å². The summed E-state index contributed by atoms with van der Waals surface area (Å²) in [5.74, 6) is 4.39. The van der Waals surface area contributed by atoms with Gasteiger partial charge >= 0.3 is 0 Å². The predicted molar refractivity (Wildman–Crippen MR) is 62.6 cm³/mol. The summed E-state index contributed by atoms with van der Waals surface area (Å²) in [6, 6.07) is 0.334. The van der Waals surface area contributed by atoms with E-state index in [2.05, 4.69) is 20.7 Å². The summed E-state index contributed by atoms with van der Waals surface area (Å²) in [4.78, 5) is 0. The van der Waals surface area contributed by atoms with E-state index in [4.69, 9.17) is 12.2 Å². The van der Waals surface area contributed by atoms with Gasteiger partial charge in [-0.1, -0.05) is 12.8 Å². The zero-order valence-electron chi connectivity index (χ0n) is 9.69. The molecule has 1 unspecified atom stereocenters. The minimum absolute atomic E-state index is 0.188. The molecular weight excluding hydrogens is 200 g/mol. The van der Waals surface area contributed by atoms with Crippen LogP contribution in [0.3, 0.4) is 0 Å². The highest BCUT2D eigenvalue weighted by Crippen LogP contribution is 2.32. The first kappa shape index (κ1) is 11.2. The molecule has 0 amide bonds. The maximum absolute atomic E-state index is 6.02. The van der Waals surface area contributed by atoms with Gasteiger partial charge in [0, 0.05) is 12.5 Å². The fourth-order valence-corrected chi connectivity index (χ4v) is 2.47. The van der Waals surface area contributed by atoms with E-state index in [9.17, 15) is 0 Å². The molecule has 4 nitrogen and oxygen atoms in total. The zero-order chi connectivity index (χ0) is 11.5. The van der Waals surface area contributed by atoms with Crippen LogP contribution in [0.15, 0.2) is 0 Å². The molecule has 0 saturated heterocycles. The summed E-state index contributed by atoms with van der Waals surface area (Å²) in [5.41, 5.74) is 6.02. The van der Waals surface area contributed by atoms with Gasteiger partial charge in [-0.2, -0.15) is 0 Å². The monoisotopic (exact) mass is 218 g/mol. The molecule has 16 heavy (non-hydrogen) atoms. The maximum Gasteiger partial charge on any atom is 0.151 e. The lowest BCUT2D eigenvalue weighted by Crippen LogP contribution is -2.19. The van der Waals surface area contributed by atoms with Gasteiger partial charge in [-0.3, -0.25) is 0 Å². The van der Waals surface area contributed by atoms with E-state index in [1.165, 1.54) is 25.7 Å². The van der Waals surface area contributed by atoms with Crippen LogP contribution in [0.5, 0.6) is 0 Å². The van der Waals surface area contributed by atoms with E-state index in [1.807, 2.05) is 6.92 Å². The van der Waals surface area contributed by atoms with Crippen LogP contribution in [0, 0.1) is 19.3 Å². The second-order valence-corrected chi connectivity index (χ2v) is 4.43. The van der Waals surface area contributed by atoms with Crippen molar-refractivity contribution in [2.45, 2.75) is 51.1 Å². The Morgan fingerprint density at radius 1 is 1.50 bits per heavy atom. The molecule has 1 aromatic rings. The molecule has 0 aromatic carbocycles. The summed E-state index contributed by atoms with van der Waals surface area (Å²) in [5, 5.41) is 8.30. The number of hydrogen-bond donors (Lipinski definition) is 1. The summed E-state index contributed by atoms with van der Waals surface area (Å²) < 4.78 is 2.19. The first-order valence-electron chi connectivity index (χ1n) is 5.84. The van der Waals surface area contributed by atoms with Crippen molar-refractivity contribution in [3.8, 4) is 12.3 Å². The highest BCUT2D eigenvalue weighted by molar-refractivity contribution is 5.06. The minimum atomic E-state index is -0.188. The zero-order valence-corrected chi connectivity index (χ0v) is 9.69. The van der Waals surface area contributed by atoms with Crippen LogP contribution in [-0.2, 0) is 0 Å². The van der Waals surface area contributed by atoms with E-state index in [0.717, 1.165) is 11.6 Å². The van der Waals surface area contributed by atoms with Gasteiger partial charge in [0.25, 0.3) is 0 Å². The van der Waals surface area contributed by atoms with Gasteiger partial charge in [0.15, 0.2) is 5.82 Å². The van der Waals surface area contributed by atoms with Crippen molar-refractivity contribution < 1.29 is 0 Å². The topological polar surface area (TPSA) is 56.7 Å². The molecule has 0 spiro atoms. The molecule has 1 aliphatic carbocycles. The van der Waals surface area contributed by atoms with Crippen molar-refractivity contribution >= 4 is 0 Å². The molecule has 0 bridgehead atoms. The molecular formula is C12H18N4. The molecule has 1 fully saturated rings. The fraction of sp³-hybridized carbons (Fsp3) is 0.667. The van der Waals surface area contributed by atoms with Gasteiger partial charge in [-0.25, -0.2) is 0 Å². The summed E-state index contributed by atoms with van der Waals surface area (Å²) in [6.07, 6.45) is 10.8. The van der Waals surface area contributed by atoms with Crippen molar-refractivity contribution in [3.05, 3.63) is 11.6 Å². The Labute approximate surface area is 96.2 Å². The Morgan fingerprint density at radius 2 is 2.19 bits per heavy atom. The molecule has 1 heterocycles. The smallest absolute Gasteiger partial charge is 0.151 e. The molecule has 86 valence electrons. The Morgan fingerprint density at radius 3 is 2.81 bits per heavy atom. The third-order valence-corrected chi connectivity index (χ3v) is 3.25. The van der Waals surface area contributed by atoms with Gasteiger partial charge in [0.05, 0.1) is 6.04 Å². The molecule has 2 N–H and O–H groups in total. The van der Waals surface area contributed by atoms with E-state index in [0.29, 0.717) is 12.5 Å². The number of aryl methyl sites for hydroxylation is 1. The van der Waals surface area contributed by atoms with Crippen LogP contribution >= 0.6 is 0 Å². The molecule has 0 aliphatic heterocycles. The second-order valence-electron chi connectivity index (χ2n) is 4.43. The number of hydrogen-bond acceptors (Lipinski definition) is 3. The van der Waals surface area contributed by atoms with Crippen molar-refractivity contribution in [2.24, 2.45) is 5.73 Å². The predicted octanol–water partition coefficient (Wildman–Crippen LogP) is 1.72. The van der Waals surface area contributed by atoms with Crippen molar-refractivity contribution in [3.63, 3.8) is 0 Å². The van der Waals surface area contributed by atoms with Gasteiger partial charge in [-0.05, 0) is 19.8 Å². The SMILES string of the molecule is C#CCC(N)c1nnc(C)n1C1CCCC1. The molecule has 1 saturated carbocycles. The quantitative estimate of drug-likeness (QED) is 0.786.